The number of anilines is 2. The molecule has 0 saturated heterocycles. The summed E-state index contributed by atoms with van der Waals surface area (Å²) >= 11 is 5.84. The predicted molar refractivity (Wildman–Crippen MR) is 60.2 cm³/mol. The summed E-state index contributed by atoms with van der Waals surface area (Å²) in [5.74, 6) is -1.09. The molecule has 16 heavy (non-hydrogen) atoms. The molecule has 1 unspecified atom stereocenters. The monoisotopic (exact) mass is 244 g/mol. The molecular weight excluding hydrogens is 234 g/mol. The van der Waals surface area contributed by atoms with Gasteiger partial charge in [0.25, 0.3) is 0 Å². The molecular formula is C11H11ClF2N2. The van der Waals surface area contributed by atoms with Crippen molar-refractivity contribution < 1.29 is 8.78 Å². The second kappa shape index (κ2) is 3.48. The number of hydrogen-bond acceptors (Lipinski definition) is 2. The summed E-state index contributed by atoms with van der Waals surface area (Å²) in [6.07, 6.45) is 1.39. The van der Waals surface area contributed by atoms with E-state index in [1.165, 1.54) is 6.07 Å². The molecule has 0 aliphatic carbocycles. The van der Waals surface area contributed by atoms with E-state index < -0.39 is 11.6 Å². The molecule has 2 aliphatic rings. The van der Waals surface area contributed by atoms with Crippen LogP contribution in [-0.2, 0) is 6.42 Å². The predicted octanol–water partition coefficient (Wildman–Crippen LogP) is 2.71. The molecule has 0 saturated carbocycles. The Morgan fingerprint density at radius 1 is 1.50 bits per heavy atom. The molecule has 0 radical (unpaired) electrons. The first kappa shape index (κ1) is 10.1. The van der Waals surface area contributed by atoms with Gasteiger partial charge in [-0.3, -0.25) is 0 Å². The van der Waals surface area contributed by atoms with Crippen molar-refractivity contribution >= 4 is 23.0 Å². The van der Waals surface area contributed by atoms with Crippen molar-refractivity contribution in [3.8, 4) is 0 Å². The quantitative estimate of drug-likeness (QED) is 0.765. The van der Waals surface area contributed by atoms with Gasteiger partial charge in [-0.15, -0.1) is 11.6 Å². The van der Waals surface area contributed by atoms with Gasteiger partial charge in [0.05, 0.1) is 17.3 Å². The third-order valence-corrected chi connectivity index (χ3v) is 3.54. The van der Waals surface area contributed by atoms with Crippen LogP contribution >= 0.6 is 11.6 Å². The lowest BCUT2D eigenvalue weighted by Crippen LogP contribution is -2.39. The van der Waals surface area contributed by atoms with Gasteiger partial charge in [0.1, 0.15) is 6.17 Å². The Balaban J connectivity index is 2.19. The van der Waals surface area contributed by atoms with Gasteiger partial charge in [-0.2, -0.15) is 0 Å². The molecule has 1 aromatic rings. The SMILES string of the molecule is Fc1cc2c3c(c1F)CCCN3C(CCl)N2. The molecule has 1 aromatic carbocycles. The van der Waals surface area contributed by atoms with Crippen LogP contribution in [0.25, 0.3) is 0 Å². The van der Waals surface area contributed by atoms with Gasteiger partial charge >= 0.3 is 0 Å². The molecule has 0 bridgehead atoms. The lowest BCUT2D eigenvalue weighted by Gasteiger charge is -2.30. The Morgan fingerprint density at radius 3 is 3.06 bits per heavy atom. The lowest BCUT2D eigenvalue weighted by molar-refractivity contribution is 0.494. The molecule has 86 valence electrons. The highest BCUT2D eigenvalue weighted by Gasteiger charge is 2.35. The largest absolute Gasteiger partial charge is 0.362 e. The smallest absolute Gasteiger partial charge is 0.164 e. The van der Waals surface area contributed by atoms with Crippen molar-refractivity contribution in [1.82, 2.24) is 0 Å². The molecule has 1 atom stereocenters. The number of nitrogens with zero attached hydrogens (tertiary/aromatic N) is 1. The van der Waals surface area contributed by atoms with Gasteiger partial charge in [0.15, 0.2) is 11.6 Å². The van der Waals surface area contributed by atoms with E-state index >= 15 is 0 Å². The number of nitrogens with one attached hydrogen (secondary N) is 1. The van der Waals surface area contributed by atoms with Crippen LogP contribution < -0.4 is 10.2 Å². The highest BCUT2D eigenvalue weighted by molar-refractivity contribution is 6.18. The van der Waals surface area contributed by atoms with E-state index in [-0.39, 0.29) is 6.17 Å². The lowest BCUT2D eigenvalue weighted by atomic mass is 10.0. The first-order valence-electron chi connectivity index (χ1n) is 5.32. The van der Waals surface area contributed by atoms with Crippen molar-refractivity contribution in [2.75, 3.05) is 22.6 Å². The van der Waals surface area contributed by atoms with Crippen molar-refractivity contribution in [3.05, 3.63) is 23.3 Å². The Morgan fingerprint density at radius 2 is 2.31 bits per heavy atom. The van der Waals surface area contributed by atoms with Gasteiger partial charge in [-0.05, 0) is 12.8 Å². The van der Waals surface area contributed by atoms with Crippen molar-refractivity contribution in [2.45, 2.75) is 19.0 Å². The topological polar surface area (TPSA) is 15.3 Å². The van der Waals surface area contributed by atoms with Gasteiger partial charge < -0.3 is 10.2 Å². The Hall–Kier alpha value is -1.03. The van der Waals surface area contributed by atoms with E-state index in [9.17, 15) is 8.78 Å². The summed E-state index contributed by atoms with van der Waals surface area (Å²) < 4.78 is 27.0. The Bertz CT molecular complexity index is 450. The zero-order chi connectivity index (χ0) is 11.3. The van der Waals surface area contributed by atoms with Crippen LogP contribution in [0.1, 0.15) is 12.0 Å². The van der Waals surface area contributed by atoms with Crippen LogP contribution in [0, 0.1) is 11.6 Å². The van der Waals surface area contributed by atoms with E-state index in [1.807, 2.05) is 4.90 Å². The second-order valence-corrected chi connectivity index (χ2v) is 4.47. The summed E-state index contributed by atoms with van der Waals surface area (Å²) in [6, 6.07) is 1.22. The molecule has 2 nitrogen and oxygen atoms in total. The van der Waals surface area contributed by atoms with Crippen LogP contribution in [0.4, 0.5) is 20.2 Å². The Labute approximate surface area is 97.2 Å². The molecule has 3 rings (SSSR count). The number of alkyl halides is 1. The van der Waals surface area contributed by atoms with E-state index in [0.29, 0.717) is 23.6 Å². The maximum atomic E-state index is 13.6. The van der Waals surface area contributed by atoms with Gasteiger partial charge in [0.2, 0.25) is 0 Å². The Kier molecular flexibility index (Phi) is 2.21. The maximum Gasteiger partial charge on any atom is 0.164 e. The normalized spacial score (nSPS) is 21.9. The molecule has 0 fully saturated rings. The summed E-state index contributed by atoms with van der Waals surface area (Å²) in [5.41, 5.74) is 1.96. The highest BCUT2D eigenvalue weighted by atomic mass is 35.5. The number of benzene rings is 1. The third-order valence-electron chi connectivity index (χ3n) is 3.24. The molecule has 2 heterocycles. The summed E-state index contributed by atoms with van der Waals surface area (Å²) in [5, 5.41) is 3.12. The average molecular weight is 245 g/mol. The van der Waals surface area contributed by atoms with E-state index in [1.54, 1.807) is 0 Å². The average Bonchev–Trinajstić information content (AvgIpc) is 2.65. The van der Waals surface area contributed by atoms with Crippen molar-refractivity contribution in [3.63, 3.8) is 0 Å². The van der Waals surface area contributed by atoms with Crippen molar-refractivity contribution in [2.24, 2.45) is 0 Å². The van der Waals surface area contributed by atoms with Crippen LogP contribution in [0.5, 0.6) is 0 Å². The van der Waals surface area contributed by atoms with Crippen LogP contribution in [0.15, 0.2) is 6.07 Å². The van der Waals surface area contributed by atoms with E-state index in [2.05, 4.69) is 5.32 Å². The number of hydrogen-bond donors (Lipinski definition) is 1. The highest BCUT2D eigenvalue weighted by Crippen LogP contribution is 2.43. The zero-order valence-corrected chi connectivity index (χ0v) is 9.32. The van der Waals surface area contributed by atoms with Crippen LogP contribution in [0.3, 0.4) is 0 Å². The molecule has 1 N–H and O–H groups in total. The standard InChI is InChI=1S/C11H11ClF2N2/c12-5-9-15-8-4-7(13)10(14)6-2-1-3-16(9)11(6)8/h4,9,15H,1-3,5H2. The molecule has 0 aromatic heterocycles. The number of rotatable bonds is 1. The summed E-state index contributed by atoms with van der Waals surface area (Å²) in [6.45, 7) is 0.843. The van der Waals surface area contributed by atoms with Gasteiger partial charge in [-0.1, -0.05) is 0 Å². The molecule has 5 heteroatoms. The van der Waals surface area contributed by atoms with Crippen LogP contribution in [0.2, 0.25) is 0 Å². The second-order valence-electron chi connectivity index (χ2n) is 4.16. The first-order chi connectivity index (χ1) is 7.72. The molecule has 0 spiro atoms. The van der Waals surface area contributed by atoms with Crippen molar-refractivity contribution in [1.29, 1.82) is 0 Å². The zero-order valence-electron chi connectivity index (χ0n) is 8.56. The first-order valence-corrected chi connectivity index (χ1v) is 5.86. The van der Waals surface area contributed by atoms with Gasteiger partial charge in [0, 0.05) is 18.2 Å². The van der Waals surface area contributed by atoms with Crippen LogP contribution in [-0.4, -0.2) is 18.6 Å². The summed E-state index contributed by atoms with van der Waals surface area (Å²) in [7, 11) is 0. The minimum absolute atomic E-state index is 0.0445. The number of halogens is 3. The minimum Gasteiger partial charge on any atom is -0.362 e. The fourth-order valence-electron chi connectivity index (χ4n) is 2.56. The molecule has 2 aliphatic heterocycles. The van der Waals surface area contributed by atoms with E-state index in [4.69, 9.17) is 11.6 Å². The van der Waals surface area contributed by atoms with E-state index in [0.717, 1.165) is 18.7 Å². The minimum atomic E-state index is -0.779. The maximum absolute atomic E-state index is 13.6. The fourth-order valence-corrected chi connectivity index (χ4v) is 2.81. The van der Waals surface area contributed by atoms with Gasteiger partial charge in [-0.25, -0.2) is 8.78 Å². The summed E-state index contributed by atoms with van der Waals surface area (Å²) in [4.78, 5) is 2.03. The fraction of sp³-hybridized carbons (Fsp3) is 0.455. The molecule has 0 amide bonds. The third kappa shape index (κ3) is 1.22.